The number of halogens is 2. The monoisotopic (exact) mass is 295 g/mol. The molecule has 1 aromatic heterocycles. The fourth-order valence-corrected chi connectivity index (χ4v) is 2.32. The van der Waals surface area contributed by atoms with Gasteiger partial charge in [-0.05, 0) is 53.3 Å². The van der Waals surface area contributed by atoms with Crippen LogP contribution in [0, 0.1) is 0 Å². The van der Waals surface area contributed by atoms with E-state index in [9.17, 15) is 4.79 Å². The van der Waals surface area contributed by atoms with Gasteiger partial charge < -0.3 is 0 Å². The molecule has 0 aliphatic rings. The van der Waals surface area contributed by atoms with Crippen molar-refractivity contribution in [2.45, 2.75) is 32.6 Å². The Balaban J connectivity index is 2.43. The highest BCUT2D eigenvalue weighted by molar-refractivity contribution is 6.63. The van der Waals surface area contributed by atoms with Gasteiger partial charge in [-0.2, -0.15) is 0 Å². The maximum atomic E-state index is 10.8. The first-order chi connectivity index (χ1) is 8.97. The second-order valence-electron chi connectivity index (χ2n) is 4.90. The highest BCUT2D eigenvalue weighted by Gasteiger charge is 2.08. The number of rotatable bonds is 4. The van der Waals surface area contributed by atoms with Crippen molar-refractivity contribution in [3.63, 3.8) is 0 Å². The number of nitrogens with zero attached hydrogens (tertiary/aromatic N) is 1. The molecule has 0 fully saturated rings. The Morgan fingerprint density at radius 1 is 1.32 bits per heavy atom. The largest absolute Gasteiger partial charge is 0.281 e. The van der Waals surface area contributed by atoms with Gasteiger partial charge in [0.25, 0.3) is 0 Å². The lowest BCUT2D eigenvalue weighted by Gasteiger charge is -2.09. The van der Waals surface area contributed by atoms with Gasteiger partial charge in [-0.1, -0.05) is 31.5 Å². The molecule has 0 atom stereocenters. The Morgan fingerprint density at radius 3 is 2.68 bits per heavy atom. The van der Waals surface area contributed by atoms with Gasteiger partial charge in [0.05, 0.1) is 5.52 Å². The molecule has 2 rings (SSSR count). The summed E-state index contributed by atoms with van der Waals surface area (Å²) >= 11 is 11.5. The van der Waals surface area contributed by atoms with Crippen molar-refractivity contribution < 1.29 is 4.79 Å². The van der Waals surface area contributed by atoms with Crippen molar-refractivity contribution >= 4 is 39.3 Å². The van der Waals surface area contributed by atoms with Crippen molar-refractivity contribution in [3.8, 4) is 0 Å². The van der Waals surface area contributed by atoms with Crippen LogP contribution in [0.5, 0.6) is 0 Å². The molecule has 19 heavy (non-hydrogen) atoms. The number of fused-ring (bicyclic) bond motifs is 1. The van der Waals surface area contributed by atoms with Gasteiger partial charge in [0.15, 0.2) is 0 Å². The van der Waals surface area contributed by atoms with E-state index in [0.717, 1.165) is 16.5 Å². The smallest absolute Gasteiger partial charge is 0.221 e. The molecule has 1 aromatic carbocycles. The molecule has 0 bridgehead atoms. The summed E-state index contributed by atoms with van der Waals surface area (Å²) in [6, 6.07) is 8.16. The summed E-state index contributed by atoms with van der Waals surface area (Å²) in [5.41, 5.74) is 3.00. The molecular formula is C15H15Cl2NO. The van der Waals surface area contributed by atoms with E-state index < -0.39 is 0 Å². The third kappa shape index (κ3) is 3.46. The summed E-state index contributed by atoms with van der Waals surface area (Å²) in [5.74, 6) is 0.466. The van der Waals surface area contributed by atoms with Crippen LogP contribution in [0.4, 0.5) is 0 Å². The second kappa shape index (κ2) is 5.89. The first-order valence-corrected chi connectivity index (χ1v) is 7.00. The Bertz CT molecular complexity index is 623. The highest BCUT2D eigenvalue weighted by atomic mass is 35.5. The molecule has 4 heteroatoms. The average molecular weight is 296 g/mol. The SMILES string of the molecule is CC(C)c1ccc2nc(Cl)c(CCC(=O)Cl)cc2c1. The van der Waals surface area contributed by atoms with Crippen LogP contribution in [-0.2, 0) is 11.2 Å². The van der Waals surface area contributed by atoms with Crippen molar-refractivity contribution in [1.82, 2.24) is 4.98 Å². The quantitative estimate of drug-likeness (QED) is 0.604. The van der Waals surface area contributed by atoms with Gasteiger partial charge in [-0.25, -0.2) is 4.98 Å². The molecule has 0 saturated carbocycles. The van der Waals surface area contributed by atoms with Crippen molar-refractivity contribution in [2.24, 2.45) is 0 Å². The summed E-state index contributed by atoms with van der Waals surface area (Å²) < 4.78 is 0. The lowest BCUT2D eigenvalue weighted by atomic mass is 10.00. The minimum absolute atomic E-state index is 0.276. The molecule has 0 saturated heterocycles. The maximum Gasteiger partial charge on any atom is 0.221 e. The first kappa shape index (κ1) is 14.3. The molecule has 2 aromatic rings. The number of hydrogen-bond donors (Lipinski definition) is 0. The minimum Gasteiger partial charge on any atom is -0.281 e. The number of aromatic nitrogens is 1. The molecule has 2 nitrogen and oxygen atoms in total. The number of carbonyl (C=O) groups excluding carboxylic acids is 1. The maximum absolute atomic E-state index is 10.8. The molecule has 100 valence electrons. The molecule has 0 aliphatic heterocycles. The van der Waals surface area contributed by atoms with Crippen LogP contribution in [0.15, 0.2) is 24.3 Å². The third-order valence-corrected chi connectivity index (χ3v) is 3.64. The molecule has 0 spiro atoms. The zero-order valence-electron chi connectivity index (χ0n) is 10.9. The predicted molar refractivity (Wildman–Crippen MR) is 80.0 cm³/mol. The number of benzene rings is 1. The van der Waals surface area contributed by atoms with Gasteiger partial charge >= 0.3 is 0 Å². The zero-order valence-corrected chi connectivity index (χ0v) is 12.4. The summed E-state index contributed by atoms with van der Waals surface area (Å²) in [5, 5.41) is 1.14. The fraction of sp³-hybridized carbons (Fsp3) is 0.333. The third-order valence-electron chi connectivity index (χ3n) is 3.12. The molecule has 0 N–H and O–H groups in total. The second-order valence-corrected chi connectivity index (χ2v) is 5.68. The molecule has 0 radical (unpaired) electrons. The highest BCUT2D eigenvalue weighted by Crippen LogP contribution is 2.25. The molecule has 0 aliphatic carbocycles. The molecular weight excluding hydrogens is 281 g/mol. The first-order valence-electron chi connectivity index (χ1n) is 6.25. The minimum atomic E-state index is -0.355. The van der Waals surface area contributed by atoms with E-state index in [1.807, 2.05) is 12.1 Å². The van der Waals surface area contributed by atoms with Crippen LogP contribution >= 0.6 is 23.2 Å². The summed E-state index contributed by atoms with van der Waals surface area (Å²) in [6.07, 6.45) is 0.800. The van der Waals surface area contributed by atoms with E-state index in [0.29, 0.717) is 17.5 Å². The lowest BCUT2D eigenvalue weighted by molar-refractivity contribution is -0.111. The van der Waals surface area contributed by atoms with Crippen molar-refractivity contribution in [2.75, 3.05) is 0 Å². The van der Waals surface area contributed by atoms with Crippen LogP contribution in [0.3, 0.4) is 0 Å². The van der Waals surface area contributed by atoms with Gasteiger partial charge in [0.2, 0.25) is 5.24 Å². The van der Waals surface area contributed by atoms with Crippen LogP contribution in [0.2, 0.25) is 5.15 Å². The van der Waals surface area contributed by atoms with Crippen LogP contribution in [0.25, 0.3) is 10.9 Å². The van der Waals surface area contributed by atoms with Crippen LogP contribution < -0.4 is 0 Å². The predicted octanol–water partition coefficient (Wildman–Crippen LogP) is 4.71. The standard InChI is InChI=1S/C15H15Cl2NO/c1-9(2)10-3-5-13-12(7-10)8-11(15(17)18-13)4-6-14(16)19/h3,5,7-9H,4,6H2,1-2H3. The topological polar surface area (TPSA) is 30.0 Å². The normalized spacial score (nSPS) is 11.2. The number of pyridine rings is 1. The van der Waals surface area contributed by atoms with Crippen molar-refractivity contribution in [3.05, 3.63) is 40.5 Å². The number of aryl methyl sites for hydroxylation is 1. The van der Waals surface area contributed by atoms with E-state index >= 15 is 0 Å². The van der Waals surface area contributed by atoms with Crippen LogP contribution in [-0.4, -0.2) is 10.2 Å². The Morgan fingerprint density at radius 2 is 2.05 bits per heavy atom. The van der Waals surface area contributed by atoms with Gasteiger partial charge in [-0.3, -0.25) is 4.79 Å². The average Bonchev–Trinajstić information content (AvgIpc) is 2.35. The fourth-order valence-electron chi connectivity index (χ4n) is 1.98. The van der Waals surface area contributed by atoms with Crippen molar-refractivity contribution in [1.29, 1.82) is 0 Å². The van der Waals surface area contributed by atoms with Gasteiger partial charge in [0, 0.05) is 11.8 Å². The Labute approximate surface area is 122 Å². The number of hydrogen-bond acceptors (Lipinski definition) is 2. The molecule has 0 unspecified atom stereocenters. The van der Waals surface area contributed by atoms with E-state index in [-0.39, 0.29) is 11.7 Å². The van der Waals surface area contributed by atoms with E-state index in [1.165, 1.54) is 5.56 Å². The Kier molecular flexibility index (Phi) is 4.43. The zero-order chi connectivity index (χ0) is 14.0. The molecule has 1 heterocycles. The Hall–Kier alpha value is -1.12. The van der Waals surface area contributed by atoms with E-state index in [4.69, 9.17) is 23.2 Å². The van der Waals surface area contributed by atoms with Gasteiger partial charge in [-0.15, -0.1) is 0 Å². The van der Waals surface area contributed by atoms with Crippen LogP contribution in [0.1, 0.15) is 37.3 Å². The van der Waals surface area contributed by atoms with E-state index in [2.05, 4.69) is 31.0 Å². The summed E-state index contributed by atoms with van der Waals surface area (Å²) in [6.45, 7) is 4.30. The van der Waals surface area contributed by atoms with Gasteiger partial charge in [0.1, 0.15) is 5.15 Å². The lowest BCUT2D eigenvalue weighted by Crippen LogP contribution is -1.96. The molecule has 0 amide bonds. The summed E-state index contributed by atoms with van der Waals surface area (Å²) in [4.78, 5) is 15.2. The van der Waals surface area contributed by atoms with E-state index in [1.54, 1.807) is 0 Å². The number of carbonyl (C=O) groups is 1. The summed E-state index contributed by atoms with van der Waals surface area (Å²) in [7, 11) is 0.